The summed E-state index contributed by atoms with van der Waals surface area (Å²) in [6.45, 7) is 1.70. The van der Waals surface area contributed by atoms with Crippen LogP contribution in [0, 0.1) is 5.92 Å². The number of halogens is 5. The number of phenolic OH excluding ortho intramolecular Hbond substituents is 1. The van der Waals surface area contributed by atoms with Crippen molar-refractivity contribution in [3.63, 3.8) is 0 Å². The minimum absolute atomic E-state index is 0.0326. The van der Waals surface area contributed by atoms with E-state index in [9.17, 15) is 28.2 Å². The number of alkyl halides is 3. The maximum Gasteiger partial charge on any atom is 0.490 e. The summed E-state index contributed by atoms with van der Waals surface area (Å²) in [5.74, 6) is -2.82. The SMILES string of the molecule is N[C@@H](c1cc(Cl)c(Cl)cc1O)C1CCN(C(=O)C2(O)CNC2)CC1.O=C(O)C(F)(F)F. The number of carbonyl (C=O) groups is 2. The molecule has 0 aromatic heterocycles. The number of hydrogen-bond donors (Lipinski definition) is 5. The van der Waals surface area contributed by atoms with Crippen LogP contribution < -0.4 is 11.1 Å². The first-order chi connectivity index (χ1) is 14.3. The summed E-state index contributed by atoms with van der Waals surface area (Å²) in [5, 5.41) is 30.9. The number of hydrogen-bond acceptors (Lipinski definition) is 6. The lowest BCUT2D eigenvalue weighted by Crippen LogP contribution is -2.68. The molecule has 1 amide bonds. The fraction of sp³-hybridized carbons (Fsp3) is 0.556. The molecule has 13 heteroatoms. The molecule has 0 spiro atoms. The molecule has 0 aliphatic carbocycles. The molecule has 2 heterocycles. The molecule has 3 rings (SSSR count). The van der Waals surface area contributed by atoms with Gasteiger partial charge in [0.1, 0.15) is 5.75 Å². The van der Waals surface area contributed by atoms with Crippen LogP contribution in [0.1, 0.15) is 24.4 Å². The Morgan fingerprint density at radius 3 is 2.10 bits per heavy atom. The molecule has 2 aliphatic rings. The van der Waals surface area contributed by atoms with Gasteiger partial charge in [-0.1, -0.05) is 23.2 Å². The Morgan fingerprint density at radius 1 is 1.19 bits per heavy atom. The van der Waals surface area contributed by atoms with Gasteiger partial charge in [0.2, 0.25) is 0 Å². The van der Waals surface area contributed by atoms with Crippen LogP contribution in [0.15, 0.2) is 12.1 Å². The quantitative estimate of drug-likeness (QED) is 0.439. The number of nitrogens with two attached hydrogens (primary N) is 1. The van der Waals surface area contributed by atoms with Crippen molar-refractivity contribution in [3.8, 4) is 5.75 Å². The minimum atomic E-state index is -5.08. The number of carboxylic acid groups (broad SMARTS) is 1. The van der Waals surface area contributed by atoms with Gasteiger partial charge in [-0.25, -0.2) is 4.79 Å². The molecule has 1 aromatic rings. The molecule has 6 N–H and O–H groups in total. The van der Waals surface area contributed by atoms with E-state index in [-0.39, 0.29) is 28.6 Å². The number of rotatable bonds is 3. The molecule has 8 nitrogen and oxygen atoms in total. The number of aromatic hydroxyl groups is 1. The van der Waals surface area contributed by atoms with Gasteiger partial charge >= 0.3 is 12.1 Å². The number of benzene rings is 1. The third-order valence-electron chi connectivity index (χ3n) is 5.24. The Labute approximate surface area is 185 Å². The number of β-amino-alcohol motifs (C(OH)–C–C–N with tert-alkyl or cyclic N) is 1. The average Bonchev–Trinajstić information content (AvgIpc) is 2.67. The molecule has 1 aromatic carbocycles. The maximum absolute atomic E-state index is 12.3. The van der Waals surface area contributed by atoms with E-state index in [1.54, 1.807) is 11.0 Å². The fourth-order valence-electron chi connectivity index (χ4n) is 3.34. The predicted octanol–water partition coefficient (Wildman–Crippen LogP) is 1.90. The van der Waals surface area contributed by atoms with Crippen molar-refractivity contribution in [1.29, 1.82) is 0 Å². The van der Waals surface area contributed by atoms with E-state index in [0.29, 0.717) is 49.6 Å². The number of amides is 1. The van der Waals surface area contributed by atoms with Crippen LogP contribution >= 0.6 is 23.2 Å². The zero-order chi connectivity index (χ0) is 23.6. The summed E-state index contributed by atoms with van der Waals surface area (Å²) >= 11 is 11.9. The van der Waals surface area contributed by atoms with Crippen LogP contribution in [0.25, 0.3) is 0 Å². The minimum Gasteiger partial charge on any atom is -0.508 e. The van der Waals surface area contributed by atoms with E-state index in [1.165, 1.54) is 6.07 Å². The molecule has 0 radical (unpaired) electrons. The molecule has 2 fully saturated rings. The van der Waals surface area contributed by atoms with Gasteiger partial charge in [-0.15, -0.1) is 0 Å². The Kier molecular flexibility index (Phi) is 8.04. The second kappa shape index (κ2) is 9.78. The van der Waals surface area contributed by atoms with E-state index in [4.69, 9.17) is 38.8 Å². The van der Waals surface area contributed by atoms with E-state index in [0.717, 1.165) is 0 Å². The molecular formula is C18H22Cl2F3N3O5. The van der Waals surface area contributed by atoms with Crippen LogP contribution in [0.3, 0.4) is 0 Å². The molecule has 1 atom stereocenters. The lowest BCUT2D eigenvalue weighted by molar-refractivity contribution is -0.192. The van der Waals surface area contributed by atoms with Gasteiger partial charge in [-0.2, -0.15) is 13.2 Å². The molecule has 174 valence electrons. The molecule has 0 bridgehead atoms. The number of nitrogens with one attached hydrogen (secondary N) is 1. The van der Waals surface area contributed by atoms with Crippen molar-refractivity contribution in [2.24, 2.45) is 11.7 Å². The molecule has 2 saturated heterocycles. The van der Waals surface area contributed by atoms with Gasteiger partial charge in [0.15, 0.2) is 5.60 Å². The number of likely N-dealkylation sites (tertiary alicyclic amines) is 1. The maximum atomic E-state index is 12.3. The van der Waals surface area contributed by atoms with Gasteiger partial charge < -0.3 is 31.3 Å². The third-order valence-corrected chi connectivity index (χ3v) is 5.96. The summed E-state index contributed by atoms with van der Waals surface area (Å²) in [6, 6.07) is 2.62. The van der Waals surface area contributed by atoms with Gasteiger partial charge in [0.05, 0.1) is 10.0 Å². The predicted molar refractivity (Wildman–Crippen MR) is 106 cm³/mol. The number of nitrogens with zero attached hydrogens (tertiary/aromatic N) is 1. The summed E-state index contributed by atoms with van der Waals surface area (Å²) in [4.78, 5) is 22.9. The van der Waals surface area contributed by atoms with Gasteiger partial charge in [0.25, 0.3) is 5.91 Å². The largest absolute Gasteiger partial charge is 0.508 e. The summed E-state index contributed by atoms with van der Waals surface area (Å²) in [5.41, 5.74) is 5.62. The van der Waals surface area contributed by atoms with Gasteiger partial charge in [-0.05, 0) is 24.8 Å². The highest BCUT2D eigenvalue weighted by atomic mass is 35.5. The van der Waals surface area contributed by atoms with E-state index in [1.807, 2.05) is 0 Å². The summed E-state index contributed by atoms with van der Waals surface area (Å²) in [6.07, 6.45) is -3.67. The van der Waals surface area contributed by atoms with Crippen LogP contribution in [0.5, 0.6) is 5.75 Å². The van der Waals surface area contributed by atoms with Crippen LogP contribution in [0.4, 0.5) is 13.2 Å². The molecular weight excluding hydrogens is 466 g/mol. The Hall–Kier alpha value is -1.79. The normalized spacial score (nSPS) is 19.6. The lowest BCUT2D eigenvalue weighted by Gasteiger charge is -2.42. The Bertz CT molecular complexity index is 828. The number of piperidine rings is 1. The highest BCUT2D eigenvalue weighted by molar-refractivity contribution is 6.42. The van der Waals surface area contributed by atoms with E-state index >= 15 is 0 Å². The van der Waals surface area contributed by atoms with Gasteiger partial charge in [0, 0.05) is 43.9 Å². The smallest absolute Gasteiger partial charge is 0.490 e. The number of aliphatic hydroxyl groups is 1. The van der Waals surface area contributed by atoms with Crippen molar-refractivity contribution >= 4 is 35.1 Å². The third kappa shape index (κ3) is 6.13. The number of carbonyl (C=O) groups excluding carboxylic acids is 1. The first-order valence-electron chi connectivity index (χ1n) is 9.22. The van der Waals surface area contributed by atoms with E-state index in [2.05, 4.69) is 5.32 Å². The molecule has 0 saturated carbocycles. The monoisotopic (exact) mass is 487 g/mol. The fourth-order valence-corrected chi connectivity index (χ4v) is 3.67. The van der Waals surface area contributed by atoms with Crippen molar-refractivity contribution in [3.05, 3.63) is 27.7 Å². The standard InChI is InChI=1S/C16H21Cl2N3O3.C2HF3O2/c17-11-5-10(13(22)6-12(11)18)14(19)9-1-3-21(4-2-9)15(23)16(24)7-20-8-16;3-2(4,5)1(6)7/h5-6,9,14,20,22,24H,1-4,7-8,19H2;(H,6,7)/t14-;/m1./s1. The van der Waals surface area contributed by atoms with Crippen LogP contribution in [-0.2, 0) is 9.59 Å². The second-order valence-electron chi connectivity index (χ2n) is 7.42. The number of carboxylic acids is 1. The first-order valence-corrected chi connectivity index (χ1v) is 9.98. The topological polar surface area (TPSA) is 136 Å². The Balaban J connectivity index is 0.000000423. The van der Waals surface area contributed by atoms with Crippen LogP contribution in [-0.4, -0.2) is 70.1 Å². The first kappa shape index (κ1) is 25.5. The van der Waals surface area contributed by atoms with Crippen molar-refractivity contribution < 1.29 is 38.1 Å². The summed E-state index contributed by atoms with van der Waals surface area (Å²) < 4.78 is 31.7. The summed E-state index contributed by atoms with van der Waals surface area (Å²) in [7, 11) is 0. The van der Waals surface area contributed by atoms with Crippen molar-refractivity contribution in [1.82, 2.24) is 10.2 Å². The van der Waals surface area contributed by atoms with Crippen molar-refractivity contribution in [2.45, 2.75) is 30.7 Å². The number of phenols is 1. The molecule has 2 aliphatic heterocycles. The van der Waals surface area contributed by atoms with Crippen LogP contribution in [0.2, 0.25) is 10.0 Å². The lowest BCUT2D eigenvalue weighted by atomic mass is 9.84. The zero-order valence-corrected chi connectivity index (χ0v) is 17.6. The highest BCUT2D eigenvalue weighted by Gasteiger charge is 2.45. The zero-order valence-electron chi connectivity index (χ0n) is 16.1. The number of aliphatic carboxylic acids is 1. The van der Waals surface area contributed by atoms with Gasteiger partial charge in [-0.3, -0.25) is 4.79 Å². The highest BCUT2D eigenvalue weighted by Crippen LogP contribution is 2.38. The molecule has 31 heavy (non-hydrogen) atoms. The van der Waals surface area contributed by atoms with E-state index < -0.39 is 17.7 Å². The van der Waals surface area contributed by atoms with Crippen molar-refractivity contribution in [2.75, 3.05) is 26.2 Å². The second-order valence-corrected chi connectivity index (χ2v) is 8.23. The average molecular weight is 488 g/mol. The molecule has 0 unspecified atom stereocenters. The Morgan fingerprint density at radius 2 is 1.68 bits per heavy atom.